The van der Waals surface area contributed by atoms with Crippen molar-refractivity contribution in [1.29, 1.82) is 0 Å². The van der Waals surface area contributed by atoms with Crippen molar-refractivity contribution in [3.8, 4) is 0 Å². The minimum atomic E-state index is -0.981. The Balaban J connectivity index is 1.47. The van der Waals surface area contributed by atoms with Crippen LogP contribution in [-0.4, -0.2) is 28.0 Å². The lowest BCUT2D eigenvalue weighted by atomic mass is 9.80. The zero-order valence-corrected chi connectivity index (χ0v) is 14.7. The molecule has 0 unspecified atom stereocenters. The van der Waals surface area contributed by atoms with Crippen LogP contribution in [0.25, 0.3) is 10.9 Å². The molecule has 1 saturated heterocycles. The molecular formula is C20H15ClN2O4. The summed E-state index contributed by atoms with van der Waals surface area (Å²) in [5, 5.41) is 14.0. The lowest BCUT2D eigenvalue weighted by molar-refractivity contribution is -0.144. The van der Waals surface area contributed by atoms with E-state index in [2.05, 4.69) is 10.3 Å². The van der Waals surface area contributed by atoms with E-state index in [0.29, 0.717) is 10.7 Å². The van der Waals surface area contributed by atoms with Crippen LogP contribution in [0, 0.1) is 5.92 Å². The Morgan fingerprint density at radius 2 is 1.81 bits per heavy atom. The fraction of sp³-hybridized carbons (Fsp3) is 0.200. The van der Waals surface area contributed by atoms with Crippen molar-refractivity contribution in [3.05, 3.63) is 70.4 Å². The maximum absolute atomic E-state index is 12.8. The third-order valence-corrected chi connectivity index (χ3v) is 5.59. The van der Waals surface area contributed by atoms with Gasteiger partial charge in [-0.3, -0.25) is 9.59 Å². The highest BCUT2D eigenvalue weighted by molar-refractivity contribution is 6.31. The summed E-state index contributed by atoms with van der Waals surface area (Å²) in [6.45, 7) is 0. The predicted molar refractivity (Wildman–Crippen MR) is 98.7 cm³/mol. The Morgan fingerprint density at radius 3 is 2.56 bits per heavy atom. The highest BCUT2D eigenvalue weighted by Crippen LogP contribution is 2.53. The summed E-state index contributed by atoms with van der Waals surface area (Å²) in [5.74, 6) is -2.18. The highest BCUT2D eigenvalue weighted by atomic mass is 35.5. The molecule has 136 valence electrons. The SMILES string of the molecule is O=C(N[C@H]1[C@H](C(=O)O)[C@H]2O[C@@H]1c1ccccc12)c1cc2cc(Cl)ccc2[nH]1. The Bertz CT molecular complexity index is 1090. The van der Waals surface area contributed by atoms with Crippen molar-refractivity contribution < 1.29 is 19.4 Å². The molecule has 1 amide bonds. The van der Waals surface area contributed by atoms with Gasteiger partial charge in [-0.25, -0.2) is 0 Å². The van der Waals surface area contributed by atoms with Crippen molar-refractivity contribution in [2.75, 3.05) is 0 Å². The molecule has 27 heavy (non-hydrogen) atoms. The summed E-state index contributed by atoms with van der Waals surface area (Å²) >= 11 is 5.99. The third kappa shape index (κ3) is 2.44. The molecule has 2 aromatic carbocycles. The van der Waals surface area contributed by atoms with Crippen LogP contribution in [0.1, 0.15) is 33.8 Å². The number of aliphatic carboxylic acids is 1. The number of carbonyl (C=O) groups excluding carboxylic acids is 1. The van der Waals surface area contributed by atoms with Crippen LogP contribution in [-0.2, 0) is 9.53 Å². The standard InChI is InChI=1S/C20H15ClN2O4/c21-10-5-6-13-9(7-10)8-14(22-13)19(24)23-16-15(20(25)26)17-11-3-1-2-4-12(11)18(16)27-17/h1-8,15-18,22H,(H,23,24)(H,25,26)/t15-,16-,17-,18+/m0/s1. The van der Waals surface area contributed by atoms with Gasteiger partial charge in [0.1, 0.15) is 17.7 Å². The van der Waals surface area contributed by atoms with Crippen LogP contribution in [0.15, 0.2) is 48.5 Å². The minimum absolute atomic E-state index is 0.354. The predicted octanol–water partition coefficient (Wildman–Crippen LogP) is 3.45. The zero-order valence-electron chi connectivity index (χ0n) is 14.0. The molecule has 1 aromatic heterocycles. The topological polar surface area (TPSA) is 91.4 Å². The van der Waals surface area contributed by atoms with E-state index < -0.39 is 30.1 Å². The zero-order chi connectivity index (χ0) is 18.7. The number of rotatable bonds is 3. The van der Waals surface area contributed by atoms with Gasteiger partial charge in [0.15, 0.2) is 0 Å². The summed E-state index contributed by atoms with van der Waals surface area (Å²) in [6.07, 6.45) is -1.01. The normalized spacial score (nSPS) is 25.5. The first-order valence-electron chi connectivity index (χ1n) is 8.59. The van der Waals surface area contributed by atoms with Crippen molar-refractivity contribution in [3.63, 3.8) is 0 Å². The number of hydrogen-bond acceptors (Lipinski definition) is 3. The first-order chi connectivity index (χ1) is 13.0. The van der Waals surface area contributed by atoms with Crippen molar-refractivity contribution in [2.45, 2.75) is 18.2 Å². The number of aromatic amines is 1. The van der Waals surface area contributed by atoms with Crippen LogP contribution in [0.2, 0.25) is 5.02 Å². The number of halogens is 1. The van der Waals surface area contributed by atoms with E-state index in [4.69, 9.17) is 16.3 Å². The van der Waals surface area contributed by atoms with Gasteiger partial charge in [-0.15, -0.1) is 0 Å². The second kappa shape index (κ2) is 5.84. The molecule has 3 aromatic rings. The molecule has 2 bridgehead atoms. The Kier molecular flexibility index (Phi) is 3.54. The third-order valence-electron chi connectivity index (χ3n) is 5.35. The monoisotopic (exact) mass is 382 g/mol. The van der Waals surface area contributed by atoms with E-state index in [-0.39, 0.29) is 5.91 Å². The quantitative estimate of drug-likeness (QED) is 0.647. The highest BCUT2D eigenvalue weighted by Gasteiger charge is 2.56. The summed E-state index contributed by atoms with van der Waals surface area (Å²) in [6, 6.07) is 13.9. The van der Waals surface area contributed by atoms with Gasteiger partial charge in [-0.2, -0.15) is 0 Å². The molecule has 0 aliphatic carbocycles. The van der Waals surface area contributed by atoms with E-state index in [1.54, 1.807) is 24.3 Å². The number of carboxylic acids is 1. The molecule has 6 nitrogen and oxygen atoms in total. The molecule has 2 aliphatic rings. The smallest absolute Gasteiger partial charge is 0.311 e. The number of ether oxygens (including phenoxy) is 1. The van der Waals surface area contributed by atoms with E-state index in [0.717, 1.165) is 22.0 Å². The van der Waals surface area contributed by atoms with Crippen molar-refractivity contribution in [2.24, 2.45) is 5.92 Å². The average Bonchev–Trinajstić information content (AvgIpc) is 3.32. The van der Waals surface area contributed by atoms with E-state index >= 15 is 0 Å². The van der Waals surface area contributed by atoms with Crippen LogP contribution in [0.4, 0.5) is 0 Å². The lowest BCUT2D eigenvalue weighted by Gasteiger charge is -2.27. The molecule has 7 heteroatoms. The number of fused-ring (bicyclic) bond motifs is 6. The Hall–Kier alpha value is -2.83. The second-order valence-corrected chi connectivity index (χ2v) is 7.32. The molecule has 0 saturated carbocycles. The van der Waals surface area contributed by atoms with Crippen LogP contribution in [0.3, 0.4) is 0 Å². The van der Waals surface area contributed by atoms with E-state index in [9.17, 15) is 14.7 Å². The fourth-order valence-electron chi connectivity index (χ4n) is 4.17. The largest absolute Gasteiger partial charge is 0.481 e. The maximum Gasteiger partial charge on any atom is 0.311 e. The van der Waals surface area contributed by atoms with E-state index in [1.165, 1.54) is 0 Å². The summed E-state index contributed by atoms with van der Waals surface area (Å²) in [5.41, 5.74) is 2.97. The van der Waals surface area contributed by atoms with Crippen molar-refractivity contribution >= 4 is 34.4 Å². The second-order valence-electron chi connectivity index (χ2n) is 6.88. The van der Waals surface area contributed by atoms with Crippen LogP contribution in [0.5, 0.6) is 0 Å². The van der Waals surface area contributed by atoms with Gasteiger partial charge >= 0.3 is 5.97 Å². The van der Waals surface area contributed by atoms with Gasteiger partial charge in [0.25, 0.3) is 5.91 Å². The van der Waals surface area contributed by atoms with Gasteiger partial charge < -0.3 is 20.1 Å². The molecule has 1 fully saturated rings. The number of aromatic nitrogens is 1. The average molecular weight is 383 g/mol. The summed E-state index contributed by atoms with van der Waals surface area (Å²) in [7, 11) is 0. The Morgan fingerprint density at radius 1 is 1.07 bits per heavy atom. The number of H-pyrrole nitrogens is 1. The minimum Gasteiger partial charge on any atom is -0.481 e. The number of hydrogen-bond donors (Lipinski definition) is 3. The summed E-state index contributed by atoms with van der Waals surface area (Å²) < 4.78 is 5.92. The van der Waals surface area contributed by atoms with Gasteiger partial charge in [0.2, 0.25) is 0 Å². The molecule has 2 aliphatic heterocycles. The molecule has 3 heterocycles. The molecular weight excluding hydrogens is 368 g/mol. The summed E-state index contributed by atoms with van der Waals surface area (Å²) in [4.78, 5) is 27.7. The first kappa shape index (κ1) is 16.4. The van der Waals surface area contributed by atoms with Gasteiger partial charge in [0.05, 0.1) is 12.1 Å². The maximum atomic E-state index is 12.8. The van der Waals surface area contributed by atoms with Crippen LogP contribution >= 0.6 is 11.6 Å². The lowest BCUT2D eigenvalue weighted by Crippen LogP contribution is -2.46. The van der Waals surface area contributed by atoms with E-state index in [1.807, 2.05) is 24.3 Å². The molecule has 0 spiro atoms. The number of nitrogens with one attached hydrogen (secondary N) is 2. The Labute approximate surface area is 159 Å². The molecule has 5 rings (SSSR count). The number of benzene rings is 2. The molecule has 4 atom stereocenters. The number of amides is 1. The van der Waals surface area contributed by atoms with Gasteiger partial charge in [-0.05, 0) is 35.4 Å². The van der Waals surface area contributed by atoms with Gasteiger partial charge in [0, 0.05) is 15.9 Å². The number of carbonyl (C=O) groups is 2. The first-order valence-corrected chi connectivity index (χ1v) is 8.97. The molecule has 0 radical (unpaired) electrons. The number of carboxylic acid groups (broad SMARTS) is 1. The van der Waals surface area contributed by atoms with Crippen molar-refractivity contribution in [1.82, 2.24) is 10.3 Å². The van der Waals surface area contributed by atoms with Crippen LogP contribution < -0.4 is 5.32 Å². The molecule has 3 N–H and O–H groups in total. The fourth-order valence-corrected chi connectivity index (χ4v) is 4.35. The van der Waals surface area contributed by atoms with Gasteiger partial charge in [-0.1, -0.05) is 35.9 Å².